The summed E-state index contributed by atoms with van der Waals surface area (Å²) in [4.78, 5) is 16.7. The molecule has 1 saturated carbocycles. The summed E-state index contributed by atoms with van der Waals surface area (Å²) in [6.45, 7) is 0.705. The molecule has 0 N–H and O–H groups in total. The van der Waals surface area contributed by atoms with Crippen molar-refractivity contribution in [1.29, 1.82) is 0 Å². The van der Waals surface area contributed by atoms with E-state index in [4.69, 9.17) is 9.47 Å². The number of methoxy groups -OCH3 is 2. The van der Waals surface area contributed by atoms with E-state index in [1.165, 1.54) is 9.71 Å². The van der Waals surface area contributed by atoms with Gasteiger partial charge in [-0.2, -0.15) is 4.31 Å². The molecule has 1 amide bonds. The number of benzene rings is 2. The first kappa shape index (κ1) is 29.8. The molecule has 40 heavy (non-hydrogen) atoms. The predicted octanol–water partition coefficient (Wildman–Crippen LogP) is 5.97. The van der Waals surface area contributed by atoms with Crippen LogP contribution in [0.4, 0.5) is 0 Å². The average Bonchev–Trinajstić information content (AvgIpc) is 3.51. The fraction of sp³-hybridized carbons (Fsp3) is 0.387. The van der Waals surface area contributed by atoms with Crippen LogP contribution in [-0.4, -0.2) is 56.9 Å². The molecule has 214 valence electrons. The van der Waals surface area contributed by atoms with Gasteiger partial charge < -0.3 is 14.4 Å². The van der Waals surface area contributed by atoms with Crippen LogP contribution in [0.1, 0.15) is 48.1 Å². The Morgan fingerprint density at radius 1 is 0.975 bits per heavy atom. The molecule has 9 heteroatoms. The number of thiophene rings is 1. The Bertz CT molecular complexity index is 1350. The first-order chi connectivity index (χ1) is 19.4. The Balaban J connectivity index is 1.55. The standard InChI is InChI=1S/C31H38N2O5S2/c1-37-29-16-15-26(22-30(29)38-2)17-19-32(23-28-14-9-20-39-28)31(34)24-33(27-12-7-4-8-13-27)40(35,36)21-18-25-10-5-3-6-11-25/h3,5-6,9-11,14-16,18,20-22,27H,4,7-8,12-13,17,19,23-24H2,1-2H3. The molecule has 0 spiro atoms. The topological polar surface area (TPSA) is 76.2 Å². The van der Waals surface area contributed by atoms with Gasteiger partial charge in [0, 0.05) is 22.9 Å². The molecule has 1 aliphatic rings. The van der Waals surface area contributed by atoms with Crippen molar-refractivity contribution in [2.45, 2.75) is 51.1 Å². The minimum Gasteiger partial charge on any atom is -0.493 e. The highest BCUT2D eigenvalue weighted by atomic mass is 32.2. The third-order valence-corrected chi connectivity index (χ3v) is 9.65. The number of amides is 1. The molecule has 2 aromatic carbocycles. The molecular formula is C31H38N2O5S2. The number of carbonyl (C=O) groups is 1. The number of sulfonamides is 1. The normalized spacial score (nSPS) is 14.5. The minimum absolute atomic E-state index is 0.177. The molecular weight excluding hydrogens is 544 g/mol. The van der Waals surface area contributed by atoms with Gasteiger partial charge in [0.15, 0.2) is 11.5 Å². The van der Waals surface area contributed by atoms with Gasteiger partial charge in [0.05, 0.1) is 27.3 Å². The lowest BCUT2D eigenvalue weighted by molar-refractivity contribution is -0.132. The Morgan fingerprint density at radius 2 is 1.73 bits per heavy atom. The van der Waals surface area contributed by atoms with Gasteiger partial charge in [-0.3, -0.25) is 4.79 Å². The van der Waals surface area contributed by atoms with Gasteiger partial charge in [0.25, 0.3) is 0 Å². The number of rotatable bonds is 13. The van der Waals surface area contributed by atoms with E-state index in [1.54, 1.807) is 36.5 Å². The van der Waals surface area contributed by atoms with Crippen LogP contribution < -0.4 is 9.47 Å². The van der Waals surface area contributed by atoms with E-state index in [2.05, 4.69) is 0 Å². The van der Waals surface area contributed by atoms with Crippen molar-refractivity contribution in [2.24, 2.45) is 0 Å². The number of hydrogen-bond donors (Lipinski definition) is 0. The van der Waals surface area contributed by atoms with Crippen LogP contribution in [0.3, 0.4) is 0 Å². The molecule has 1 aromatic heterocycles. The summed E-state index contributed by atoms with van der Waals surface area (Å²) in [5.41, 5.74) is 1.81. The third kappa shape index (κ3) is 8.19. The Hall–Kier alpha value is -3.14. The van der Waals surface area contributed by atoms with Gasteiger partial charge in [-0.05, 0) is 60.0 Å². The van der Waals surface area contributed by atoms with Crippen LogP contribution in [0.5, 0.6) is 11.5 Å². The maximum atomic E-state index is 13.8. The van der Waals surface area contributed by atoms with Crippen LogP contribution in [0.25, 0.3) is 6.08 Å². The van der Waals surface area contributed by atoms with Crippen LogP contribution in [-0.2, 0) is 27.8 Å². The van der Waals surface area contributed by atoms with Crippen molar-refractivity contribution >= 4 is 33.3 Å². The maximum Gasteiger partial charge on any atom is 0.238 e. The molecule has 1 heterocycles. The Morgan fingerprint density at radius 3 is 2.40 bits per heavy atom. The molecule has 1 aliphatic carbocycles. The predicted molar refractivity (Wildman–Crippen MR) is 161 cm³/mol. The van der Waals surface area contributed by atoms with E-state index in [0.29, 0.717) is 31.0 Å². The molecule has 0 saturated heterocycles. The van der Waals surface area contributed by atoms with Gasteiger partial charge in [-0.15, -0.1) is 11.3 Å². The third-order valence-electron chi connectivity index (χ3n) is 7.23. The van der Waals surface area contributed by atoms with Crippen molar-refractivity contribution in [1.82, 2.24) is 9.21 Å². The number of carbonyl (C=O) groups excluding carboxylic acids is 1. The zero-order chi connectivity index (χ0) is 28.4. The molecule has 4 rings (SSSR count). The average molecular weight is 583 g/mol. The van der Waals surface area contributed by atoms with E-state index in [1.807, 2.05) is 66.0 Å². The zero-order valence-corrected chi connectivity index (χ0v) is 24.8. The van der Waals surface area contributed by atoms with Crippen molar-refractivity contribution < 1.29 is 22.7 Å². The Kier molecular flexibility index (Phi) is 10.8. The quantitative estimate of drug-likeness (QED) is 0.248. The van der Waals surface area contributed by atoms with E-state index in [-0.39, 0.29) is 18.5 Å². The largest absolute Gasteiger partial charge is 0.493 e. The molecule has 0 atom stereocenters. The molecule has 0 bridgehead atoms. The van der Waals surface area contributed by atoms with Crippen molar-refractivity contribution in [2.75, 3.05) is 27.3 Å². The highest BCUT2D eigenvalue weighted by Crippen LogP contribution is 2.29. The van der Waals surface area contributed by atoms with Crippen molar-refractivity contribution in [3.63, 3.8) is 0 Å². The van der Waals surface area contributed by atoms with Crippen molar-refractivity contribution in [3.05, 3.63) is 87.5 Å². The SMILES string of the molecule is COc1ccc(CCN(Cc2cccs2)C(=O)CN(C2CCCCC2)S(=O)(=O)C=Cc2ccccc2)cc1OC. The van der Waals surface area contributed by atoms with Crippen LogP contribution >= 0.6 is 11.3 Å². The first-order valence-corrected chi connectivity index (χ1v) is 16.0. The molecule has 0 radical (unpaired) electrons. The van der Waals surface area contributed by atoms with Gasteiger partial charge in [0.1, 0.15) is 0 Å². The second-order valence-corrected chi connectivity index (χ2v) is 12.7. The lowest BCUT2D eigenvalue weighted by atomic mass is 9.95. The second-order valence-electron chi connectivity index (χ2n) is 9.93. The summed E-state index contributed by atoms with van der Waals surface area (Å²) in [5.74, 6) is 1.08. The van der Waals surface area contributed by atoms with E-state index >= 15 is 0 Å². The van der Waals surface area contributed by atoms with E-state index < -0.39 is 10.0 Å². The molecule has 3 aromatic rings. The first-order valence-electron chi connectivity index (χ1n) is 13.7. The lowest BCUT2D eigenvalue weighted by Gasteiger charge is -2.33. The smallest absolute Gasteiger partial charge is 0.238 e. The number of hydrogen-bond acceptors (Lipinski definition) is 6. The van der Waals surface area contributed by atoms with Gasteiger partial charge in [-0.1, -0.05) is 61.7 Å². The number of ether oxygens (including phenoxy) is 2. The van der Waals surface area contributed by atoms with Crippen LogP contribution in [0, 0.1) is 0 Å². The van der Waals surface area contributed by atoms with Crippen LogP contribution in [0.2, 0.25) is 0 Å². The van der Waals surface area contributed by atoms with E-state index in [9.17, 15) is 13.2 Å². The fourth-order valence-electron chi connectivity index (χ4n) is 5.02. The molecule has 7 nitrogen and oxygen atoms in total. The molecule has 0 aliphatic heterocycles. The second kappa shape index (κ2) is 14.5. The zero-order valence-electron chi connectivity index (χ0n) is 23.2. The highest BCUT2D eigenvalue weighted by Gasteiger charge is 2.32. The summed E-state index contributed by atoms with van der Waals surface area (Å²) in [6, 6.07) is 18.9. The monoisotopic (exact) mass is 582 g/mol. The summed E-state index contributed by atoms with van der Waals surface area (Å²) < 4.78 is 39.5. The maximum absolute atomic E-state index is 13.8. The van der Waals surface area contributed by atoms with Gasteiger partial charge in [-0.25, -0.2) is 8.42 Å². The minimum atomic E-state index is -3.82. The molecule has 0 unspecified atom stereocenters. The summed E-state index contributed by atoms with van der Waals surface area (Å²) in [6.07, 6.45) is 6.76. The summed E-state index contributed by atoms with van der Waals surface area (Å²) >= 11 is 1.59. The van der Waals surface area contributed by atoms with Gasteiger partial charge in [0.2, 0.25) is 15.9 Å². The number of nitrogens with zero attached hydrogens (tertiary/aromatic N) is 2. The molecule has 1 fully saturated rings. The lowest BCUT2D eigenvalue weighted by Crippen LogP contribution is -2.47. The van der Waals surface area contributed by atoms with Gasteiger partial charge >= 0.3 is 0 Å². The Labute approximate surface area is 242 Å². The summed E-state index contributed by atoms with van der Waals surface area (Å²) in [5, 5.41) is 3.23. The summed E-state index contributed by atoms with van der Waals surface area (Å²) in [7, 11) is -0.622. The van der Waals surface area contributed by atoms with Crippen molar-refractivity contribution in [3.8, 4) is 11.5 Å². The van der Waals surface area contributed by atoms with Crippen LogP contribution in [0.15, 0.2) is 71.5 Å². The highest BCUT2D eigenvalue weighted by molar-refractivity contribution is 7.92. The van der Waals surface area contributed by atoms with E-state index in [0.717, 1.165) is 48.1 Å². The fourth-order valence-corrected chi connectivity index (χ4v) is 7.14.